The monoisotopic (exact) mass is 363 g/mol. The van der Waals surface area contributed by atoms with Crippen molar-refractivity contribution < 1.29 is 18.9 Å². The van der Waals surface area contributed by atoms with Gasteiger partial charge in [-0.15, -0.1) is 0 Å². The molecule has 0 heterocycles. The Morgan fingerprint density at radius 3 is 1.81 bits per heavy atom. The molecule has 0 atom stereocenters. The average Bonchev–Trinajstić information content (AvgIpc) is 2.73. The van der Waals surface area contributed by atoms with Crippen LogP contribution >= 0.6 is 0 Å². The van der Waals surface area contributed by atoms with E-state index in [-0.39, 0.29) is 0 Å². The van der Waals surface area contributed by atoms with Gasteiger partial charge >= 0.3 is 0 Å². The van der Waals surface area contributed by atoms with Crippen molar-refractivity contribution in [3.05, 3.63) is 72.3 Å². The van der Waals surface area contributed by atoms with Crippen LogP contribution in [0.2, 0.25) is 0 Å². The Hall–Kier alpha value is -3.47. The summed E-state index contributed by atoms with van der Waals surface area (Å²) in [5, 5.41) is 0. The number of nitrogens with zero attached hydrogens (tertiary/aromatic N) is 1. The maximum absolute atomic E-state index is 5.79. The maximum Gasteiger partial charge on any atom is 0.135 e. The van der Waals surface area contributed by atoms with Crippen LogP contribution in [-0.4, -0.2) is 27.5 Å². The second-order valence-corrected chi connectivity index (χ2v) is 5.61. The third-order valence-electron chi connectivity index (χ3n) is 3.91. The first-order valence-corrected chi connectivity index (χ1v) is 8.40. The molecule has 3 aromatic rings. The first kappa shape index (κ1) is 18.3. The molecule has 0 aliphatic rings. The Morgan fingerprint density at radius 2 is 1.26 bits per heavy atom. The van der Waals surface area contributed by atoms with Gasteiger partial charge in [-0.25, -0.2) is 0 Å². The van der Waals surface area contributed by atoms with Crippen molar-refractivity contribution in [1.82, 2.24) is 0 Å². The van der Waals surface area contributed by atoms with Crippen molar-refractivity contribution in [2.24, 2.45) is 4.99 Å². The summed E-state index contributed by atoms with van der Waals surface area (Å²) < 4.78 is 21.9. The Kier molecular flexibility index (Phi) is 5.94. The lowest BCUT2D eigenvalue weighted by molar-refractivity contribution is 0.374. The number of hydrogen-bond acceptors (Lipinski definition) is 5. The molecular weight excluding hydrogens is 342 g/mol. The summed E-state index contributed by atoms with van der Waals surface area (Å²) in [6.07, 6.45) is 1.71. The molecule has 0 radical (unpaired) electrons. The first-order valence-electron chi connectivity index (χ1n) is 8.40. The van der Waals surface area contributed by atoms with E-state index in [4.69, 9.17) is 18.9 Å². The topological polar surface area (TPSA) is 49.3 Å². The number of hydrogen-bond donors (Lipinski definition) is 0. The number of benzene rings is 3. The van der Waals surface area contributed by atoms with Crippen LogP contribution < -0.4 is 18.9 Å². The van der Waals surface area contributed by atoms with Gasteiger partial charge in [0, 0.05) is 18.3 Å². The van der Waals surface area contributed by atoms with Gasteiger partial charge in [-0.05, 0) is 36.4 Å². The lowest BCUT2D eigenvalue weighted by Crippen LogP contribution is -1.97. The maximum atomic E-state index is 5.79. The standard InChI is InChI=1S/C22H21NO4/c1-24-19-13-21(25-2)20(22(14-19)26-3)15-23-16-9-11-18(12-10-16)27-17-7-5-4-6-8-17/h4-15H,1-3H3. The SMILES string of the molecule is COc1cc(OC)c(C=Nc2ccc(Oc3ccccc3)cc2)c(OC)c1. The van der Waals surface area contributed by atoms with Crippen LogP contribution in [0.15, 0.2) is 71.7 Å². The molecule has 0 saturated heterocycles. The highest BCUT2D eigenvalue weighted by Gasteiger charge is 2.11. The predicted molar refractivity (Wildman–Crippen MR) is 106 cm³/mol. The second kappa shape index (κ2) is 8.76. The zero-order valence-corrected chi connectivity index (χ0v) is 15.5. The van der Waals surface area contributed by atoms with Gasteiger partial charge in [0.15, 0.2) is 0 Å². The van der Waals surface area contributed by atoms with Crippen LogP contribution in [0.4, 0.5) is 5.69 Å². The van der Waals surface area contributed by atoms with Gasteiger partial charge in [0.1, 0.15) is 28.7 Å². The summed E-state index contributed by atoms with van der Waals surface area (Å²) in [7, 11) is 4.80. The summed E-state index contributed by atoms with van der Waals surface area (Å²) in [4.78, 5) is 4.52. The molecule has 0 N–H and O–H groups in total. The quantitative estimate of drug-likeness (QED) is 0.538. The van der Waals surface area contributed by atoms with Gasteiger partial charge in [0.05, 0.1) is 32.6 Å². The fourth-order valence-corrected chi connectivity index (χ4v) is 2.52. The van der Waals surface area contributed by atoms with Crippen molar-refractivity contribution in [3.8, 4) is 28.7 Å². The molecule has 5 nitrogen and oxygen atoms in total. The molecule has 0 amide bonds. The minimum absolute atomic E-state index is 0.624. The largest absolute Gasteiger partial charge is 0.496 e. The lowest BCUT2D eigenvalue weighted by atomic mass is 10.1. The van der Waals surface area contributed by atoms with Crippen LogP contribution in [-0.2, 0) is 0 Å². The third-order valence-corrected chi connectivity index (χ3v) is 3.91. The van der Waals surface area contributed by atoms with Gasteiger partial charge < -0.3 is 18.9 Å². The molecule has 3 aromatic carbocycles. The lowest BCUT2D eigenvalue weighted by Gasteiger charge is -2.12. The molecular formula is C22H21NO4. The summed E-state index contributed by atoms with van der Waals surface area (Å²) in [5.41, 5.74) is 1.53. The molecule has 0 fully saturated rings. The molecule has 0 bridgehead atoms. The summed E-state index contributed by atoms with van der Waals surface area (Å²) in [6.45, 7) is 0. The molecule has 0 aliphatic carbocycles. The van der Waals surface area contributed by atoms with Gasteiger partial charge in [0.2, 0.25) is 0 Å². The molecule has 3 rings (SSSR count). The zero-order valence-electron chi connectivity index (χ0n) is 15.5. The number of ether oxygens (including phenoxy) is 4. The highest BCUT2D eigenvalue weighted by Crippen LogP contribution is 2.33. The first-order chi connectivity index (χ1) is 13.2. The fourth-order valence-electron chi connectivity index (χ4n) is 2.52. The number of para-hydroxylation sites is 1. The van der Waals surface area contributed by atoms with E-state index < -0.39 is 0 Å². The fraction of sp³-hybridized carbons (Fsp3) is 0.136. The molecule has 0 unspecified atom stereocenters. The highest BCUT2D eigenvalue weighted by molar-refractivity contribution is 5.89. The van der Waals surface area contributed by atoms with E-state index in [1.165, 1.54) is 0 Å². The van der Waals surface area contributed by atoms with Crippen LogP contribution in [0.25, 0.3) is 0 Å². The van der Waals surface area contributed by atoms with Crippen molar-refractivity contribution in [2.45, 2.75) is 0 Å². The van der Waals surface area contributed by atoms with E-state index >= 15 is 0 Å². The van der Waals surface area contributed by atoms with Crippen molar-refractivity contribution in [3.63, 3.8) is 0 Å². The Bertz CT molecular complexity index is 880. The third kappa shape index (κ3) is 4.58. The van der Waals surface area contributed by atoms with Gasteiger partial charge in [-0.1, -0.05) is 18.2 Å². The summed E-state index contributed by atoms with van der Waals surface area (Å²) in [6, 6.07) is 20.8. The van der Waals surface area contributed by atoms with Gasteiger partial charge in [0.25, 0.3) is 0 Å². The van der Waals surface area contributed by atoms with Crippen LogP contribution in [0, 0.1) is 0 Å². The van der Waals surface area contributed by atoms with Crippen molar-refractivity contribution in [2.75, 3.05) is 21.3 Å². The van der Waals surface area contributed by atoms with E-state index in [1.807, 2.05) is 54.6 Å². The smallest absolute Gasteiger partial charge is 0.135 e. The Morgan fingerprint density at radius 1 is 0.667 bits per heavy atom. The summed E-state index contributed by atoms with van der Waals surface area (Å²) >= 11 is 0. The van der Waals surface area contributed by atoms with Crippen molar-refractivity contribution >= 4 is 11.9 Å². The molecule has 138 valence electrons. The zero-order chi connectivity index (χ0) is 19.1. The van der Waals surface area contributed by atoms with E-state index in [0.717, 1.165) is 22.7 Å². The van der Waals surface area contributed by atoms with Gasteiger partial charge in [-0.2, -0.15) is 0 Å². The van der Waals surface area contributed by atoms with Crippen molar-refractivity contribution in [1.29, 1.82) is 0 Å². The normalized spacial score (nSPS) is 10.6. The van der Waals surface area contributed by atoms with E-state index in [9.17, 15) is 0 Å². The van der Waals surface area contributed by atoms with E-state index in [2.05, 4.69) is 4.99 Å². The number of aliphatic imine (C=N–C) groups is 1. The molecule has 27 heavy (non-hydrogen) atoms. The molecule has 5 heteroatoms. The van der Waals surface area contributed by atoms with E-state index in [1.54, 1.807) is 39.7 Å². The number of rotatable bonds is 7. The molecule has 0 saturated carbocycles. The molecule has 0 aromatic heterocycles. The summed E-state index contributed by atoms with van der Waals surface area (Å²) in [5.74, 6) is 3.45. The minimum Gasteiger partial charge on any atom is -0.496 e. The van der Waals surface area contributed by atoms with Crippen LogP contribution in [0.1, 0.15) is 5.56 Å². The average molecular weight is 363 g/mol. The van der Waals surface area contributed by atoms with Crippen LogP contribution in [0.5, 0.6) is 28.7 Å². The van der Waals surface area contributed by atoms with Crippen LogP contribution in [0.3, 0.4) is 0 Å². The molecule has 0 aliphatic heterocycles. The number of methoxy groups -OCH3 is 3. The second-order valence-electron chi connectivity index (χ2n) is 5.61. The van der Waals surface area contributed by atoms with Gasteiger partial charge in [-0.3, -0.25) is 4.99 Å². The van der Waals surface area contributed by atoms with E-state index in [0.29, 0.717) is 17.2 Å². The predicted octanol–water partition coefficient (Wildman–Crippen LogP) is 5.26. The minimum atomic E-state index is 0.624. The highest BCUT2D eigenvalue weighted by atomic mass is 16.5. The Labute approximate surface area is 158 Å². The Balaban J connectivity index is 1.80. The molecule has 0 spiro atoms.